The fourth-order valence-electron chi connectivity index (χ4n) is 3.68. The molecule has 0 aliphatic carbocycles. The number of aryl methyl sites for hydroxylation is 2. The maximum atomic E-state index is 12.7. The SMILES string of the molecule is Cc1cc(C)n([C@H]2CCCN(C(=O)CN(C)Cc3ccccc3)C2)n1. The summed E-state index contributed by atoms with van der Waals surface area (Å²) in [6, 6.07) is 12.7. The van der Waals surface area contributed by atoms with Gasteiger partial charge in [-0.15, -0.1) is 0 Å². The average Bonchev–Trinajstić information content (AvgIpc) is 2.94. The predicted octanol–water partition coefficient (Wildman–Crippen LogP) is 2.80. The predicted molar refractivity (Wildman–Crippen MR) is 99.3 cm³/mol. The molecular formula is C20H28N4O. The minimum absolute atomic E-state index is 0.213. The van der Waals surface area contributed by atoms with E-state index in [-0.39, 0.29) is 5.91 Å². The Morgan fingerprint density at radius 3 is 2.72 bits per heavy atom. The second kappa shape index (κ2) is 7.83. The highest BCUT2D eigenvalue weighted by atomic mass is 16.2. The summed E-state index contributed by atoms with van der Waals surface area (Å²) >= 11 is 0. The molecule has 1 aliphatic heterocycles. The zero-order chi connectivity index (χ0) is 17.8. The molecule has 0 bridgehead atoms. The van der Waals surface area contributed by atoms with Crippen LogP contribution >= 0.6 is 0 Å². The minimum atomic E-state index is 0.213. The molecule has 1 atom stereocenters. The third-order valence-electron chi connectivity index (χ3n) is 4.84. The Bertz CT molecular complexity index is 710. The fraction of sp³-hybridized carbons (Fsp3) is 0.500. The Hall–Kier alpha value is -2.14. The van der Waals surface area contributed by atoms with Gasteiger partial charge in [-0.1, -0.05) is 30.3 Å². The number of piperidine rings is 1. The lowest BCUT2D eigenvalue weighted by molar-refractivity contribution is -0.133. The summed E-state index contributed by atoms with van der Waals surface area (Å²) in [5.41, 5.74) is 3.46. The Labute approximate surface area is 150 Å². The van der Waals surface area contributed by atoms with Crippen molar-refractivity contribution in [3.05, 3.63) is 53.3 Å². The second-order valence-corrected chi connectivity index (χ2v) is 7.17. The molecule has 5 nitrogen and oxygen atoms in total. The smallest absolute Gasteiger partial charge is 0.236 e. The van der Waals surface area contributed by atoms with Crippen molar-refractivity contribution in [3.8, 4) is 0 Å². The first-order valence-corrected chi connectivity index (χ1v) is 9.06. The van der Waals surface area contributed by atoms with Gasteiger partial charge in [-0.05, 0) is 45.4 Å². The van der Waals surface area contributed by atoms with Crippen molar-refractivity contribution in [1.82, 2.24) is 19.6 Å². The van der Waals surface area contributed by atoms with Gasteiger partial charge in [0.25, 0.3) is 0 Å². The lowest BCUT2D eigenvalue weighted by Gasteiger charge is -2.34. The Morgan fingerprint density at radius 2 is 2.04 bits per heavy atom. The first kappa shape index (κ1) is 17.7. The average molecular weight is 340 g/mol. The van der Waals surface area contributed by atoms with Crippen LogP contribution < -0.4 is 0 Å². The monoisotopic (exact) mass is 340 g/mol. The van der Waals surface area contributed by atoms with E-state index in [2.05, 4.69) is 39.8 Å². The van der Waals surface area contributed by atoms with E-state index in [9.17, 15) is 4.79 Å². The topological polar surface area (TPSA) is 41.4 Å². The van der Waals surface area contributed by atoms with Crippen molar-refractivity contribution in [3.63, 3.8) is 0 Å². The highest BCUT2D eigenvalue weighted by Gasteiger charge is 2.26. The molecule has 0 spiro atoms. The normalized spacial score (nSPS) is 17.9. The number of likely N-dealkylation sites (tertiary alicyclic amines) is 1. The Morgan fingerprint density at radius 1 is 1.28 bits per heavy atom. The summed E-state index contributed by atoms with van der Waals surface area (Å²) in [5, 5.41) is 4.61. The summed E-state index contributed by atoms with van der Waals surface area (Å²) in [7, 11) is 2.01. The van der Waals surface area contributed by atoms with Gasteiger partial charge in [-0.25, -0.2) is 0 Å². The van der Waals surface area contributed by atoms with Crippen molar-refractivity contribution in [1.29, 1.82) is 0 Å². The highest BCUT2D eigenvalue weighted by Crippen LogP contribution is 2.23. The van der Waals surface area contributed by atoms with Crippen LogP contribution in [0.1, 0.15) is 35.8 Å². The van der Waals surface area contributed by atoms with Gasteiger partial charge in [0, 0.05) is 25.3 Å². The van der Waals surface area contributed by atoms with Crippen LogP contribution in [0.2, 0.25) is 0 Å². The number of likely N-dealkylation sites (N-methyl/N-ethyl adjacent to an activating group) is 1. The number of hydrogen-bond donors (Lipinski definition) is 0. The third-order valence-corrected chi connectivity index (χ3v) is 4.84. The van der Waals surface area contributed by atoms with Crippen LogP contribution in [-0.2, 0) is 11.3 Å². The summed E-state index contributed by atoms with van der Waals surface area (Å²) in [5.74, 6) is 0.213. The zero-order valence-corrected chi connectivity index (χ0v) is 15.5. The standard InChI is InChI=1S/C20H28N4O/c1-16-12-17(2)24(21-16)19-10-7-11-23(14-19)20(25)15-22(3)13-18-8-5-4-6-9-18/h4-6,8-9,12,19H,7,10-11,13-15H2,1-3H3/t19-/m0/s1. The van der Waals surface area contributed by atoms with Crippen LogP contribution in [-0.4, -0.2) is 52.2 Å². The van der Waals surface area contributed by atoms with Crippen LogP contribution in [0, 0.1) is 13.8 Å². The van der Waals surface area contributed by atoms with E-state index >= 15 is 0 Å². The van der Waals surface area contributed by atoms with Crippen molar-refractivity contribution in [2.75, 3.05) is 26.7 Å². The number of hydrogen-bond acceptors (Lipinski definition) is 3. The highest BCUT2D eigenvalue weighted by molar-refractivity contribution is 5.78. The van der Waals surface area contributed by atoms with Crippen LogP contribution in [0.3, 0.4) is 0 Å². The second-order valence-electron chi connectivity index (χ2n) is 7.17. The van der Waals surface area contributed by atoms with E-state index in [1.165, 1.54) is 11.3 Å². The molecule has 0 N–H and O–H groups in total. The number of amides is 1. The van der Waals surface area contributed by atoms with E-state index in [0.717, 1.165) is 38.2 Å². The van der Waals surface area contributed by atoms with Crippen molar-refractivity contribution in [2.45, 2.75) is 39.3 Å². The summed E-state index contributed by atoms with van der Waals surface area (Å²) in [6.45, 7) is 6.98. The van der Waals surface area contributed by atoms with Gasteiger partial charge in [0.2, 0.25) is 5.91 Å². The summed E-state index contributed by atoms with van der Waals surface area (Å²) < 4.78 is 2.10. The molecule has 134 valence electrons. The molecule has 1 aliphatic rings. The van der Waals surface area contributed by atoms with Gasteiger partial charge in [0.15, 0.2) is 0 Å². The molecule has 25 heavy (non-hydrogen) atoms. The number of carbonyl (C=O) groups is 1. The zero-order valence-electron chi connectivity index (χ0n) is 15.5. The van der Waals surface area contributed by atoms with Crippen LogP contribution in [0.5, 0.6) is 0 Å². The van der Waals surface area contributed by atoms with E-state index in [4.69, 9.17) is 0 Å². The van der Waals surface area contributed by atoms with Gasteiger partial charge >= 0.3 is 0 Å². The molecule has 0 radical (unpaired) electrons. The molecule has 2 heterocycles. The van der Waals surface area contributed by atoms with Crippen LogP contribution in [0.15, 0.2) is 36.4 Å². The van der Waals surface area contributed by atoms with Gasteiger partial charge in [0.05, 0.1) is 18.3 Å². The van der Waals surface area contributed by atoms with Crippen molar-refractivity contribution in [2.24, 2.45) is 0 Å². The first-order chi connectivity index (χ1) is 12.0. The number of benzene rings is 1. The maximum absolute atomic E-state index is 12.7. The molecule has 0 saturated carbocycles. The van der Waals surface area contributed by atoms with Crippen LogP contribution in [0.4, 0.5) is 0 Å². The van der Waals surface area contributed by atoms with Gasteiger partial charge < -0.3 is 4.90 Å². The third kappa shape index (κ3) is 4.48. The molecule has 1 amide bonds. The molecular weight excluding hydrogens is 312 g/mol. The van der Waals surface area contributed by atoms with Gasteiger partial charge in [-0.2, -0.15) is 5.10 Å². The number of rotatable bonds is 5. The van der Waals surface area contributed by atoms with E-state index < -0.39 is 0 Å². The van der Waals surface area contributed by atoms with E-state index in [1.807, 2.05) is 37.1 Å². The van der Waals surface area contributed by atoms with Gasteiger partial charge in [-0.3, -0.25) is 14.4 Å². The number of carbonyl (C=O) groups excluding carboxylic acids is 1. The number of aromatic nitrogens is 2. The van der Waals surface area contributed by atoms with Gasteiger partial charge in [0.1, 0.15) is 0 Å². The molecule has 1 fully saturated rings. The lowest BCUT2D eigenvalue weighted by Crippen LogP contribution is -2.45. The largest absolute Gasteiger partial charge is 0.339 e. The summed E-state index contributed by atoms with van der Waals surface area (Å²) in [6.07, 6.45) is 2.13. The first-order valence-electron chi connectivity index (χ1n) is 9.06. The van der Waals surface area contributed by atoms with Crippen molar-refractivity contribution >= 4 is 5.91 Å². The summed E-state index contributed by atoms with van der Waals surface area (Å²) in [4.78, 5) is 16.8. The molecule has 5 heteroatoms. The lowest BCUT2D eigenvalue weighted by atomic mass is 10.1. The molecule has 0 unspecified atom stereocenters. The maximum Gasteiger partial charge on any atom is 0.236 e. The van der Waals surface area contributed by atoms with Crippen LogP contribution in [0.25, 0.3) is 0 Å². The fourth-order valence-corrected chi connectivity index (χ4v) is 3.68. The molecule has 1 saturated heterocycles. The van der Waals surface area contributed by atoms with E-state index in [1.54, 1.807) is 0 Å². The molecule has 1 aromatic carbocycles. The van der Waals surface area contributed by atoms with E-state index in [0.29, 0.717) is 12.6 Å². The van der Waals surface area contributed by atoms with Crippen molar-refractivity contribution < 1.29 is 4.79 Å². The Balaban J connectivity index is 1.57. The molecule has 2 aromatic rings. The Kier molecular flexibility index (Phi) is 5.53. The molecule has 1 aromatic heterocycles. The minimum Gasteiger partial charge on any atom is -0.339 e. The number of nitrogens with zero attached hydrogens (tertiary/aromatic N) is 4. The molecule has 3 rings (SSSR count). The quantitative estimate of drug-likeness (QED) is 0.840.